The van der Waals surface area contributed by atoms with Crippen molar-refractivity contribution in [2.24, 2.45) is 0 Å². The third-order valence-electron chi connectivity index (χ3n) is 4.77. The molecule has 1 atom stereocenters. The summed E-state index contributed by atoms with van der Waals surface area (Å²) in [6.45, 7) is 2.56. The zero-order valence-corrected chi connectivity index (χ0v) is 14.7. The van der Waals surface area contributed by atoms with Crippen molar-refractivity contribution in [1.82, 2.24) is 4.90 Å². The van der Waals surface area contributed by atoms with Gasteiger partial charge in [0.05, 0.1) is 24.1 Å². The summed E-state index contributed by atoms with van der Waals surface area (Å²) in [4.78, 5) is 27.8. The van der Waals surface area contributed by atoms with E-state index in [9.17, 15) is 9.59 Å². The van der Waals surface area contributed by atoms with Crippen LogP contribution in [0.2, 0.25) is 0 Å². The molecule has 1 aromatic heterocycles. The average Bonchev–Trinajstić information content (AvgIpc) is 2.95. The zero-order valence-electron chi connectivity index (χ0n) is 14.7. The van der Waals surface area contributed by atoms with Crippen LogP contribution in [0.1, 0.15) is 41.1 Å². The van der Waals surface area contributed by atoms with Crippen LogP contribution in [0.4, 0.5) is 0 Å². The van der Waals surface area contributed by atoms with Crippen molar-refractivity contribution < 1.29 is 13.9 Å². The molecule has 0 saturated heterocycles. The van der Waals surface area contributed by atoms with E-state index >= 15 is 0 Å². The van der Waals surface area contributed by atoms with Gasteiger partial charge in [-0.25, -0.2) is 0 Å². The van der Waals surface area contributed by atoms with Crippen LogP contribution in [-0.2, 0) is 0 Å². The largest absolute Gasteiger partial charge is 0.497 e. The number of para-hydroxylation sites is 1. The quantitative estimate of drug-likeness (QED) is 0.720. The van der Waals surface area contributed by atoms with Gasteiger partial charge in [-0.1, -0.05) is 31.2 Å². The van der Waals surface area contributed by atoms with E-state index in [-0.39, 0.29) is 17.1 Å². The highest BCUT2D eigenvalue weighted by molar-refractivity contribution is 5.99. The molecule has 1 aliphatic rings. The Balaban J connectivity index is 1.96. The molecule has 4 rings (SSSR count). The normalized spacial score (nSPS) is 16.2. The highest BCUT2D eigenvalue weighted by Crippen LogP contribution is 2.38. The smallest absolute Gasteiger partial charge is 0.290 e. The first-order valence-electron chi connectivity index (χ1n) is 8.66. The monoisotopic (exact) mass is 349 g/mol. The van der Waals surface area contributed by atoms with Crippen molar-refractivity contribution in [1.29, 1.82) is 0 Å². The standard InChI is InChI=1S/C21H19NO4/c1-3-12-22-18(13-8-10-14(25-2)11-9-13)17-19(23)15-6-4-5-7-16(15)26-20(17)21(22)24/h4-11,18H,3,12H2,1-2H3/t18-/m0/s1. The predicted molar refractivity (Wildman–Crippen MR) is 98.6 cm³/mol. The second kappa shape index (κ2) is 6.33. The van der Waals surface area contributed by atoms with Gasteiger partial charge in [-0.2, -0.15) is 0 Å². The van der Waals surface area contributed by atoms with E-state index in [0.29, 0.717) is 23.1 Å². The number of carbonyl (C=O) groups is 1. The van der Waals surface area contributed by atoms with E-state index in [1.807, 2.05) is 31.2 Å². The molecule has 0 spiro atoms. The Kier molecular flexibility index (Phi) is 3.99. The van der Waals surface area contributed by atoms with Gasteiger partial charge in [-0.15, -0.1) is 0 Å². The van der Waals surface area contributed by atoms with Crippen LogP contribution >= 0.6 is 0 Å². The van der Waals surface area contributed by atoms with Gasteiger partial charge < -0.3 is 14.1 Å². The van der Waals surface area contributed by atoms with Crippen molar-refractivity contribution >= 4 is 16.9 Å². The van der Waals surface area contributed by atoms with Crippen molar-refractivity contribution in [3.63, 3.8) is 0 Å². The molecule has 5 heteroatoms. The SMILES string of the molecule is CCCN1C(=O)c2oc3ccccc3c(=O)c2[C@@H]1c1ccc(OC)cc1. The van der Waals surface area contributed by atoms with Gasteiger partial charge in [-0.3, -0.25) is 9.59 Å². The first-order valence-corrected chi connectivity index (χ1v) is 8.66. The number of ether oxygens (including phenoxy) is 1. The molecule has 1 aliphatic heterocycles. The molecule has 0 N–H and O–H groups in total. The molecule has 0 saturated carbocycles. The Hall–Kier alpha value is -3.08. The average molecular weight is 349 g/mol. The van der Waals surface area contributed by atoms with Crippen molar-refractivity contribution in [3.05, 3.63) is 75.6 Å². The molecule has 0 aliphatic carbocycles. The summed E-state index contributed by atoms with van der Waals surface area (Å²) >= 11 is 0. The lowest BCUT2D eigenvalue weighted by atomic mass is 9.98. The number of fused-ring (bicyclic) bond motifs is 2. The van der Waals surface area contributed by atoms with Crippen LogP contribution in [0.3, 0.4) is 0 Å². The second-order valence-electron chi connectivity index (χ2n) is 6.34. The fraction of sp³-hybridized carbons (Fsp3) is 0.238. The minimum absolute atomic E-state index is 0.144. The van der Waals surface area contributed by atoms with E-state index in [2.05, 4.69) is 0 Å². The fourth-order valence-electron chi connectivity index (χ4n) is 3.57. The molecule has 0 fully saturated rings. The molecule has 1 amide bonds. The highest BCUT2D eigenvalue weighted by Gasteiger charge is 2.42. The number of hydrogen-bond donors (Lipinski definition) is 0. The van der Waals surface area contributed by atoms with Gasteiger partial charge in [0, 0.05) is 6.54 Å². The maximum Gasteiger partial charge on any atom is 0.290 e. The maximum absolute atomic E-state index is 13.2. The van der Waals surface area contributed by atoms with Gasteiger partial charge in [-0.05, 0) is 36.2 Å². The van der Waals surface area contributed by atoms with E-state index in [0.717, 1.165) is 17.7 Å². The molecule has 2 heterocycles. The molecule has 0 unspecified atom stereocenters. The van der Waals surface area contributed by atoms with Crippen LogP contribution in [0.25, 0.3) is 11.0 Å². The molecular formula is C21H19NO4. The summed E-state index contributed by atoms with van der Waals surface area (Å²) in [6.07, 6.45) is 0.792. The lowest BCUT2D eigenvalue weighted by Gasteiger charge is -2.24. The van der Waals surface area contributed by atoms with E-state index < -0.39 is 6.04 Å². The van der Waals surface area contributed by atoms with Crippen LogP contribution in [-0.4, -0.2) is 24.5 Å². The lowest BCUT2D eigenvalue weighted by Crippen LogP contribution is -2.30. The Morgan fingerprint density at radius 3 is 2.50 bits per heavy atom. The second-order valence-corrected chi connectivity index (χ2v) is 6.34. The van der Waals surface area contributed by atoms with Gasteiger partial charge in [0.25, 0.3) is 5.91 Å². The number of nitrogens with zero attached hydrogens (tertiary/aromatic N) is 1. The molecule has 5 nitrogen and oxygen atoms in total. The minimum Gasteiger partial charge on any atom is -0.497 e. The van der Waals surface area contributed by atoms with Gasteiger partial charge in [0.2, 0.25) is 5.76 Å². The fourth-order valence-corrected chi connectivity index (χ4v) is 3.57. The lowest BCUT2D eigenvalue weighted by molar-refractivity contribution is 0.0728. The number of carbonyl (C=O) groups excluding carboxylic acids is 1. The summed E-state index contributed by atoms with van der Waals surface area (Å²) < 4.78 is 11.1. The van der Waals surface area contributed by atoms with Crippen molar-refractivity contribution in [2.45, 2.75) is 19.4 Å². The Morgan fingerprint density at radius 1 is 1.08 bits per heavy atom. The Morgan fingerprint density at radius 2 is 1.81 bits per heavy atom. The first kappa shape index (κ1) is 16.4. The van der Waals surface area contributed by atoms with Crippen LogP contribution in [0.5, 0.6) is 5.75 Å². The van der Waals surface area contributed by atoms with Crippen molar-refractivity contribution in [3.8, 4) is 5.75 Å². The van der Waals surface area contributed by atoms with Gasteiger partial charge >= 0.3 is 0 Å². The molecule has 26 heavy (non-hydrogen) atoms. The third-order valence-corrected chi connectivity index (χ3v) is 4.77. The van der Waals surface area contributed by atoms with E-state index in [1.165, 1.54) is 0 Å². The molecular weight excluding hydrogens is 330 g/mol. The Labute approximate surface area is 150 Å². The number of hydrogen-bond acceptors (Lipinski definition) is 4. The topological polar surface area (TPSA) is 59.8 Å². The zero-order chi connectivity index (χ0) is 18.3. The summed E-state index contributed by atoms with van der Waals surface area (Å²) in [6, 6.07) is 14.1. The summed E-state index contributed by atoms with van der Waals surface area (Å²) in [5.74, 6) is 0.652. The van der Waals surface area contributed by atoms with Crippen molar-refractivity contribution in [2.75, 3.05) is 13.7 Å². The van der Waals surface area contributed by atoms with Crippen LogP contribution in [0, 0.1) is 0 Å². The summed E-state index contributed by atoms with van der Waals surface area (Å²) in [5.41, 5.74) is 1.59. The molecule has 2 aromatic carbocycles. The van der Waals surface area contributed by atoms with Crippen LogP contribution < -0.4 is 10.2 Å². The molecule has 0 radical (unpaired) electrons. The van der Waals surface area contributed by atoms with Crippen LogP contribution in [0.15, 0.2) is 57.7 Å². The van der Waals surface area contributed by atoms with Gasteiger partial charge in [0.1, 0.15) is 11.3 Å². The number of methoxy groups -OCH3 is 1. The number of amides is 1. The van der Waals surface area contributed by atoms with E-state index in [1.54, 1.807) is 36.3 Å². The maximum atomic E-state index is 13.2. The Bertz CT molecular complexity index is 1040. The molecule has 3 aromatic rings. The molecule has 0 bridgehead atoms. The first-order chi connectivity index (χ1) is 12.7. The predicted octanol–water partition coefficient (Wildman–Crippen LogP) is 3.76. The number of rotatable bonds is 4. The third kappa shape index (κ3) is 2.39. The van der Waals surface area contributed by atoms with Gasteiger partial charge in [0.15, 0.2) is 5.43 Å². The van der Waals surface area contributed by atoms with E-state index in [4.69, 9.17) is 9.15 Å². The highest BCUT2D eigenvalue weighted by atomic mass is 16.5. The summed E-state index contributed by atoms with van der Waals surface area (Å²) in [7, 11) is 1.60. The number of benzene rings is 2. The minimum atomic E-state index is -0.441. The molecule has 132 valence electrons. The summed E-state index contributed by atoms with van der Waals surface area (Å²) in [5, 5.41) is 0.496.